The Morgan fingerprint density at radius 3 is 1.84 bits per heavy atom. The monoisotopic (exact) mass is 1100 g/mol. The molecule has 1 amide bonds. The predicted molar refractivity (Wildman–Crippen MR) is 309 cm³/mol. The van der Waals surface area contributed by atoms with Crippen molar-refractivity contribution in [1.82, 2.24) is 0 Å². The highest BCUT2D eigenvalue weighted by molar-refractivity contribution is 6.09. The lowest BCUT2D eigenvalue weighted by Gasteiger charge is -2.39. The molecule has 11 rings (SSSR count). The fourth-order valence-electron chi connectivity index (χ4n) is 13.2. The van der Waals surface area contributed by atoms with E-state index in [1.165, 1.54) is 64.0 Å². The van der Waals surface area contributed by atoms with Crippen molar-refractivity contribution < 1.29 is 50.1 Å². The van der Waals surface area contributed by atoms with Gasteiger partial charge in [-0.05, 0) is 161 Å². The molecule has 6 nitrogen and oxygen atoms in total. The normalized spacial score (nSPS) is 19.0. The van der Waals surface area contributed by atoms with E-state index in [9.17, 15) is 18.0 Å². The van der Waals surface area contributed by atoms with E-state index in [0.29, 0.717) is 96.0 Å². The minimum Gasteiger partial charge on any atom is -0.497 e. The molecule has 1 N–H and O–H groups in total. The van der Waals surface area contributed by atoms with Crippen LogP contribution in [0, 0.1) is 11.8 Å². The van der Waals surface area contributed by atoms with E-state index in [0.717, 1.165) is 17.0 Å². The van der Waals surface area contributed by atoms with Crippen LogP contribution in [0.3, 0.4) is 0 Å². The maximum absolute atomic E-state index is 15.3. The molecule has 1 saturated carbocycles. The van der Waals surface area contributed by atoms with Gasteiger partial charge in [0.2, 0.25) is 0 Å². The minimum atomic E-state index is -5.10. The van der Waals surface area contributed by atoms with Crippen LogP contribution in [0.25, 0.3) is 44.7 Å². The highest BCUT2D eigenvalue weighted by Crippen LogP contribution is 2.63. The Balaban J connectivity index is 0.944. The van der Waals surface area contributed by atoms with Gasteiger partial charge in [-0.25, -0.2) is 0 Å². The molecule has 418 valence electrons. The molecule has 1 fully saturated rings. The number of anilines is 1. The minimum absolute atomic E-state index is 0.0173. The Morgan fingerprint density at radius 1 is 0.691 bits per heavy atom. The van der Waals surface area contributed by atoms with Crippen molar-refractivity contribution in [2.75, 3.05) is 26.6 Å². The van der Waals surface area contributed by atoms with E-state index in [4.69, 9.17) is 18.9 Å². The quantitative estimate of drug-likeness (QED) is 0.0868. The molecule has 4 aliphatic rings. The molecule has 7 aromatic rings. The van der Waals surface area contributed by atoms with Crippen LogP contribution in [0.15, 0.2) is 157 Å². The Bertz CT molecular complexity index is 3540. The number of amides is 1. The maximum atomic E-state index is 15.3. The maximum Gasteiger partial charge on any atom is 0.416 e. The van der Waals surface area contributed by atoms with Crippen molar-refractivity contribution in [3.05, 3.63) is 196 Å². The molecule has 0 radical (unpaired) electrons. The fourth-order valence-corrected chi connectivity index (χ4v) is 13.2. The first-order chi connectivity index (χ1) is 38.8. The summed E-state index contributed by atoms with van der Waals surface area (Å²) in [5, 5.41) is 3.82. The SMILES string of the molecule is CCCCCC1CCC(c2ccc(-c3ccc(C(=O)Nc4ccc(-c5cc6c7c(c8c(c6cc5OC)OC(c5ccc(OC)cc5)(c5ccc(OC)cc5)C=C8)C(C)(C)C5=C7CC(C(F)(F)F)C=C5C(F)(F)F)cc4)cc3)cc2)CC1. The smallest absolute Gasteiger partial charge is 0.416 e. The highest BCUT2D eigenvalue weighted by atomic mass is 19.4. The number of hydrogen-bond acceptors (Lipinski definition) is 5. The fraction of sp³-hybridized carbons (Fsp3) is 0.319. The highest BCUT2D eigenvalue weighted by Gasteiger charge is 2.55. The number of methoxy groups -OCH3 is 3. The van der Waals surface area contributed by atoms with Crippen molar-refractivity contribution >= 4 is 34.0 Å². The molecule has 1 heterocycles. The van der Waals surface area contributed by atoms with Gasteiger partial charge in [0.25, 0.3) is 5.91 Å². The number of rotatable bonds is 14. The van der Waals surface area contributed by atoms with Gasteiger partial charge in [0.05, 0.1) is 32.8 Å². The third-order valence-corrected chi connectivity index (χ3v) is 17.4. The molecular weight excluding hydrogens is 1040 g/mol. The van der Waals surface area contributed by atoms with E-state index >= 15 is 13.2 Å². The Kier molecular flexibility index (Phi) is 14.7. The van der Waals surface area contributed by atoms with Crippen molar-refractivity contribution in [3.8, 4) is 45.3 Å². The molecule has 0 bridgehead atoms. The number of alkyl halides is 6. The van der Waals surface area contributed by atoms with Gasteiger partial charge in [-0.2, -0.15) is 26.3 Å². The standard InChI is InChI=1S/C69H65F6NO5/c1-7-8-9-10-41-11-13-42(14-12-41)43-15-17-44(18-16-43)45-19-21-47(22-20-45)65(77)76-51-29-23-46(24-30-51)55-39-56-57(40-60(55)80-6)64-54(63-61(56)58-37-50(68(70,71)72)38-59(69(73,74)75)62(58)66(63,2)3)35-36-67(81-64,48-25-31-52(78-4)32-26-48)49-27-33-53(79-5)34-28-49/h15-36,38-42,50H,7-14,37H2,1-6H3,(H,76,77). The summed E-state index contributed by atoms with van der Waals surface area (Å²) in [7, 11) is 4.62. The second-order valence-electron chi connectivity index (χ2n) is 22.6. The van der Waals surface area contributed by atoms with Gasteiger partial charge in [-0.1, -0.05) is 131 Å². The average Bonchev–Trinajstić information content (AvgIpc) is 3.18. The first-order valence-corrected chi connectivity index (χ1v) is 28.0. The second kappa shape index (κ2) is 21.6. The molecule has 81 heavy (non-hydrogen) atoms. The van der Waals surface area contributed by atoms with E-state index in [1.54, 1.807) is 101 Å². The molecule has 1 unspecified atom stereocenters. The number of ether oxygens (including phenoxy) is 4. The first kappa shape index (κ1) is 55.2. The number of benzene rings is 7. The van der Waals surface area contributed by atoms with Crippen molar-refractivity contribution in [1.29, 1.82) is 0 Å². The van der Waals surface area contributed by atoms with Crippen LogP contribution >= 0.6 is 0 Å². The Hall–Kier alpha value is -7.73. The van der Waals surface area contributed by atoms with Gasteiger partial charge < -0.3 is 24.3 Å². The van der Waals surface area contributed by atoms with Gasteiger partial charge in [0.15, 0.2) is 5.60 Å². The zero-order valence-electron chi connectivity index (χ0n) is 46.3. The van der Waals surface area contributed by atoms with Crippen LogP contribution in [-0.2, 0) is 11.0 Å². The average molecular weight is 1100 g/mol. The number of carbonyl (C=O) groups excluding carboxylic acids is 1. The van der Waals surface area contributed by atoms with Gasteiger partial charge in [-0.15, -0.1) is 0 Å². The molecule has 1 aliphatic heterocycles. The Morgan fingerprint density at radius 2 is 1.28 bits per heavy atom. The molecule has 1 atom stereocenters. The van der Waals surface area contributed by atoms with E-state index < -0.39 is 41.3 Å². The van der Waals surface area contributed by atoms with Gasteiger partial charge >= 0.3 is 12.4 Å². The molecule has 0 aromatic heterocycles. The van der Waals surface area contributed by atoms with Crippen LogP contribution in [0.5, 0.6) is 23.0 Å². The summed E-state index contributed by atoms with van der Waals surface area (Å²) >= 11 is 0. The largest absolute Gasteiger partial charge is 0.497 e. The van der Waals surface area contributed by atoms with Gasteiger partial charge in [0, 0.05) is 44.3 Å². The number of carbonyl (C=O) groups is 1. The third kappa shape index (κ3) is 10.3. The molecule has 0 spiro atoms. The van der Waals surface area contributed by atoms with E-state index in [2.05, 4.69) is 36.5 Å². The number of allylic oxidation sites excluding steroid dienone is 4. The predicted octanol–water partition coefficient (Wildman–Crippen LogP) is 18.8. The summed E-state index contributed by atoms with van der Waals surface area (Å²) in [6.45, 7) is 5.54. The van der Waals surface area contributed by atoms with E-state index in [1.807, 2.05) is 48.6 Å². The van der Waals surface area contributed by atoms with Crippen LogP contribution in [-0.4, -0.2) is 39.6 Å². The summed E-state index contributed by atoms with van der Waals surface area (Å²) in [5.74, 6) is 0.643. The van der Waals surface area contributed by atoms with Gasteiger partial charge in [0.1, 0.15) is 23.0 Å². The summed E-state index contributed by atoms with van der Waals surface area (Å²) in [4.78, 5) is 13.7. The summed E-state index contributed by atoms with van der Waals surface area (Å²) in [5.41, 5.74) is 3.86. The summed E-state index contributed by atoms with van der Waals surface area (Å²) < 4.78 is 115. The van der Waals surface area contributed by atoms with Crippen molar-refractivity contribution in [3.63, 3.8) is 0 Å². The first-order valence-electron chi connectivity index (χ1n) is 28.0. The van der Waals surface area contributed by atoms with Crippen LogP contribution in [0.2, 0.25) is 0 Å². The second-order valence-corrected chi connectivity index (χ2v) is 22.6. The molecule has 3 aliphatic carbocycles. The van der Waals surface area contributed by atoms with Crippen molar-refractivity contribution in [2.24, 2.45) is 11.8 Å². The van der Waals surface area contributed by atoms with Crippen molar-refractivity contribution in [2.45, 2.75) is 108 Å². The Labute approximate surface area is 469 Å². The summed E-state index contributed by atoms with van der Waals surface area (Å²) in [6.07, 6.45) is 3.64. The number of hydrogen-bond donors (Lipinski definition) is 1. The lowest BCUT2D eigenvalue weighted by atomic mass is 9.72. The zero-order chi connectivity index (χ0) is 57.0. The number of unbranched alkanes of at least 4 members (excludes halogenated alkanes) is 2. The number of fused-ring (bicyclic) bond motifs is 7. The molecule has 12 heteroatoms. The van der Waals surface area contributed by atoms with Gasteiger partial charge in [-0.3, -0.25) is 4.79 Å². The number of nitrogens with one attached hydrogen (secondary N) is 1. The lowest BCUT2D eigenvalue weighted by molar-refractivity contribution is -0.161. The topological polar surface area (TPSA) is 66.0 Å². The lowest BCUT2D eigenvalue weighted by Crippen LogP contribution is -2.35. The molecule has 7 aromatic carbocycles. The molecule has 0 saturated heterocycles. The third-order valence-electron chi connectivity index (χ3n) is 17.4. The van der Waals surface area contributed by atoms with Crippen LogP contribution in [0.4, 0.5) is 32.0 Å². The number of halogens is 6. The zero-order valence-corrected chi connectivity index (χ0v) is 46.3. The summed E-state index contributed by atoms with van der Waals surface area (Å²) in [6, 6.07) is 41.7. The molecular formula is C69H65F6NO5. The van der Waals surface area contributed by atoms with Crippen LogP contribution < -0.4 is 24.3 Å². The van der Waals surface area contributed by atoms with Crippen LogP contribution in [0.1, 0.15) is 128 Å². The van der Waals surface area contributed by atoms with E-state index in [-0.39, 0.29) is 17.1 Å².